The fourth-order valence-corrected chi connectivity index (χ4v) is 4.47. The number of aromatic nitrogens is 3. The van der Waals surface area contributed by atoms with Gasteiger partial charge >= 0.3 is 0 Å². The van der Waals surface area contributed by atoms with E-state index in [-0.39, 0.29) is 11.4 Å². The van der Waals surface area contributed by atoms with Crippen LogP contribution >= 0.6 is 0 Å². The number of nitrogens with two attached hydrogens (primary N) is 1. The summed E-state index contributed by atoms with van der Waals surface area (Å²) in [5.41, 5.74) is 6.68. The number of fused-ring (bicyclic) bond motifs is 1. The summed E-state index contributed by atoms with van der Waals surface area (Å²) < 4.78 is 28.6. The predicted molar refractivity (Wildman–Crippen MR) is 83.9 cm³/mol. The van der Waals surface area contributed by atoms with Gasteiger partial charge in [0, 0.05) is 31.7 Å². The van der Waals surface area contributed by atoms with E-state index >= 15 is 0 Å². The fourth-order valence-electron chi connectivity index (χ4n) is 2.97. The van der Waals surface area contributed by atoms with Gasteiger partial charge in [-0.15, -0.1) is 0 Å². The molecule has 3 heterocycles. The third-order valence-corrected chi connectivity index (χ3v) is 6.09. The van der Waals surface area contributed by atoms with Crippen molar-refractivity contribution < 1.29 is 13.2 Å². The first-order chi connectivity index (χ1) is 10.8. The summed E-state index contributed by atoms with van der Waals surface area (Å²) in [4.78, 5) is 15.7. The van der Waals surface area contributed by atoms with E-state index in [4.69, 9.17) is 5.73 Å². The molecule has 124 valence electrons. The molecule has 2 N–H and O–H groups in total. The molecule has 23 heavy (non-hydrogen) atoms. The topological polar surface area (TPSA) is 111 Å². The molecule has 1 aliphatic rings. The lowest BCUT2D eigenvalue weighted by Crippen LogP contribution is -2.44. The van der Waals surface area contributed by atoms with Crippen molar-refractivity contribution in [2.75, 3.05) is 13.1 Å². The van der Waals surface area contributed by atoms with Crippen molar-refractivity contribution in [1.29, 1.82) is 0 Å². The van der Waals surface area contributed by atoms with Crippen LogP contribution in [0.2, 0.25) is 0 Å². The lowest BCUT2D eigenvalue weighted by atomic mass is 9.99. The van der Waals surface area contributed by atoms with Crippen LogP contribution in [0.5, 0.6) is 0 Å². The second-order valence-electron chi connectivity index (χ2n) is 5.86. The molecule has 2 aromatic rings. The van der Waals surface area contributed by atoms with E-state index in [1.54, 1.807) is 17.8 Å². The number of carbonyl (C=O) groups is 1. The Morgan fingerprint density at radius 3 is 2.87 bits per heavy atom. The third-order valence-electron chi connectivity index (χ3n) is 4.26. The molecular formula is C14H19N5O3S. The summed E-state index contributed by atoms with van der Waals surface area (Å²) in [6, 6.07) is 1.59. The van der Waals surface area contributed by atoms with Gasteiger partial charge in [0.05, 0.1) is 11.6 Å². The molecule has 9 heteroatoms. The van der Waals surface area contributed by atoms with Crippen molar-refractivity contribution in [3.8, 4) is 0 Å². The summed E-state index contributed by atoms with van der Waals surface area (Å²) >= 11 is 0. The van der Waals surface area contributed by atoms with Crippen LogP contribution in [0.15, 0.2) is 17.2 Å². The lowest BCUT2D eigenvalue weighted by Gasteiger charge is -2.30. The van der Waals surface area contributed by atoms with Crippen LogP contribution in [0, 0.1) is 12.8 Å². The first-order valence-electron chi connectivity index (χ1n) is 7.39. The summed E-state index contributed by atoms with van der Waals surface area (Å²) in [5.74, 6) is -0.892. The largest absolute Gasteiger partial charge is 0.369 e. The Morgan fingerprint density at radius 1 is 1.43 bits per heavy atom. The molecular weight excluding hydrogens is 318 g/mol. The van der Waals surface area contributed by atoms with Gasteiger partial charge in [-0.05, 0) is 25.8 Å². The number of pyridine rings is 1. The Labute approximate surface area is 134 Å². The van der Waals surface area contributed by atoms with Crippen molar-refractivity contribution in [2.24, 2.45) is 18.7 Å². The smallest absolute Gasteiger partial charge is 0.244 e. The van der Waals surface area contributed by atoms with Crippen molar-refractivity contribution in [1.82, 2.24) is 19.1 Å². The lowest BCUT2D eigenvalue weighted by molar-refractivity contribution is -0.122. The Kier molecular flexibility index (Phi) is 3.85. The van der Waals surface area contributed by atoms with E-state index in [1.807, 2.05) is 6.92 Å². The second-order valence-corrected chi connectivity index (χ2v) is 7.79. The number of carbonyl (C=O) groups excluding carboxylic acids is 1. The van der Waals surface area contributed by atoms with Crippen LogP contribution in [0.25, 0.3) is 11.0 Å². The Morgan fingerprint density at radius 2 is 2.17 bits per heavy atom. The summed E-state index contributed by atoms with van der Waals surface area (Å²) in [6.45, 7) is 2.32. The van der Waals surface area contributed by atoms with Crippen molar-refractivity contribution in [2.45, 2.75) is 24.7 Å². The highest BCUT2D eigenvalue weighted by Gasteiger charge is 2.33. The number of primary amides is 1. The van der Waals surface area contributed by atoms with Crippen molar-refractivity contribution >= 4 is 27.0 Å². The molecule has 0 spiro atoms. The first kappa shape index (κ1) is 15.9. The molecule has 3 rings (SSSR count). The molecule has 8 nitrogen and oxygen atoms in total. The van der Waals surface area contributed by atoms with Crippen molar-refractivity contribution in [3.05, 3.63) is 18.0 Å². The number of aryl methyl sites for hydroxylation is 2. The number of nitrogens with zero attached hydrogens (tertiary/aromatic N) is 4. The molecule has 1 saturated heterocycles. The molecule has 0 radical (unpaired) electrons. The second kappa shape index (κ2) is 5.57. The number of piperidine rings is 1. The maximum Gasteiger partial charge on any atom is 0.244 e. The zero-order valence-corrected chi connectivity index (χ0v) is 13.9. The summed E-state index contributed by atoms with van der Waals surface area (Å²) in [5, 5.41) is 4.95. The van der Waals surface area contributed by atoms with Gasteiger partial charge in [-0.1, -0.05) is 0 Å². The van der Waals surface area contributed by atoms with Gasteiger partial charge < -0.3 is 5.73 Å². The van der Waals surface area contributed by atoms with E-state index < -0.39 is 21.8 Å². The molecule has 0 unspecified atom stereocenters. The minimum atomic E-state index is -3.70. The van der Waals surface area contributed by atoms with Gasteiger partial charge in [0.15, 0.2) is 5.65 Å². The fraction of sp³-hybridized carbons (Fsp3) is 0.500. The minimum absolute atomic E-state index is 0.117. The van der Waals surface area contributed by atoms with Gasteiger partial charge in [-0.3, -0.25) is 9.48 Å². The highest BCUT2D eigenvalue weighted by atomic mass is 32.2. The number of hydrogen-bond donors (Lipinski definition) is 1. The molecule has 0 saturated carbocycles. The summed E-state index contributed by atoms with van der Waals surface area (Å²) in [7, 11) is -1.94. The molecule has 0 aliphatic carbocycles. The molecule has 1 amide bonds. The average molecular weight is 337 g/mol. The van der Waals surface area contributed by atoms with Crippen LogP contribution in [0.3, 0.4) is 0 Å². The predicted octanol–water partition coefficient (Wildman–Crippen LogP) is 0.163. The molecule has 1 fully saturated rings. The maximum atomic E-state index is 12.8. The monoisotopic (exact) mass is 337 g/mol. The summed E-state index contributed by atoms with van der Waals surface area (Å²) in [6.07, 6.45) is 2.58. The van der Waals surface area contributed by atoms with E-state index in [0.717, 1.165) is 5.69 Å². The van der Waals surface area contributed by atoms with Gasteiger partial charge in [-0.2, -0.15) is 9.40 Å². The maximum absolute atomic E-state index is 12.8. The zero-order valence-electron chi connectivity index (χ0n) is 13.1. The quantitative estimate of drug-likeness (QED) is 0.858. The third kappa shape index (κ3) is 2.70. The highest BCUT2D eigenvalue weighted by Crippen LogP contribution is 2.26. The van der Waals surface area contributed by atoms with Crippen molar-refractivity contribution in [3.63, 3.8) is 0 Å². The molecule has 1 aliphatic heterocycles. The first-order valence-corrected chi connectivity index (χ1v) is 8.83. The SMILES string of the molecule is Cc1nn(C)c2ncc(S(=O)(=O)N3CCC[C@@H](C(N)=O)C3)cc12. The number of sulfonamides is 1. The minimum Gasteiger partial charge on any atom is -0.369 e. The van der Waals surface area contributed by atoms with Gasteiger partial charge in [0.25, 0.3) is 0 Å². The molecule has 0 aromatic carbocycles. The average Bonchev–Trinajstić information content (AvgIpc) is 2.81. The Bertz CT molecular complexity index is 874. The normalized spacial score (nSPS) is 20.0. The molecule has 1 atom stereocenters. The molecule has 2 aromatic heterocycles. The van der Waals surface area contributed by atoms with Crippen LogP contribution < -0.4 is 5.73 Å². The zero-order chi connectivity index (χ0) is 16.8. The highest BCUT2D eigenvalue weighted by molar-refractivity contribution is 7.89. The Hall–Kier alpha value is -2.00. The van der Waals surface area contributed by atoms with Gasteiger partial charge in [0.2, 0.25) is 15.9 Å². The van der Waals surface area contributed by atoms with E-state index in [0.29, 0.717) is 30.4 Å². The van der Waals surface area contributed by atoms with Gasteiger partial charge in [-0.25, -0.2) is 13.4 Å². The van der Waals surface area contributed by atoms with Gasteiger partial charge in [0.1, 0.15) is 4.90 Å². The van der Waals surface area contributed by atoms with E-state index in [1.165, 1.54) is 10.5 Å². The van der Waals surface area contributed by atoms with Crippen LogP contribution in [-0.4, -0.2) is 46.5 Å². The van der Waals surface area contributed by atoms with Crippen LogP contribution in [-0.2, 0) is 21.9 Å². The molecule has 0 bridgehead atoms. The van der Waals surface area contributed by atoms with Crippen LogP contribution in [0.4, 0.5) is 0 Å². The van der Waals surface area contributed by atoms with Crippen LogP contribution in [0.1, 0.15) is 18.5 Å². The van der Waals surface area contributed by atoms with E-state index in [9.17, 15) is 13.2 Å². The Balaban J connectivity index is 1.99. The number of hydrogen-bond acceptors (Lipinski definition) is 5. The standard InChI is InChI=1S/C14H19N5O3S/c1-9-12-6-11(7-16-14(12)18(2)17-9)23(21,22)19-5-3-4-10(8-19)13(15)20/h6-7,10H,3-5,8H2,1-2H3,(H2,15,20)/t10-/m1/s1. The van der Waals surface area contributed by atoms with E-state index in [2.05, 4.69) is 10.1 Å². The number of amides is 1. The number of rotatable bonds is 3.